The molecule has 4 unspecified atom stereocenters. The van der Waals surface area contributed by atoms with Gasteiger partial charge in [0.15, 0.2) is 0 Å². The normalized spacial score (nSPS) is 45.3. The van der Waals surface area contributed by atoms with Crippen LogP contribution in [-0.2, 0) is 0 Å². The van der Waals surface area contributed by atoms with Crippen LogP contribution in [0.25, 0.3) is 0 Å². The van der Waals surface area contributed by atoms with Crippen molar-refractivity contribution in [3.63, 3.8) is 0 Å². The van der Waals surface area contributed by atoms with Gasteiger partial charge in [0, 0.05) is 0 Å². The zero-order chi connectivity index (χ0) is 18.0. The highest BCUT2D eigenvalue weighted by Gasteiger charge is 2.32. The Balaban J connectivity index is 2.11. The highest BCUT2D eigenvalue weighted by atomic mass is 14.9. The molecule has 2 fully saturated rings. The largest absolute Gasteiger partial charge is 0.284 e. The van der Waals surface area contributed by atoms with Crippen LogP contribution >= 0.6 is 0 Å². The maximum absolute atomic E-state index is 5.15. The van der Waals surface area contributed by atoms with Crippen LogP contribution in [0.5, 0.6) is 0 Å². The van der Waals surface area contributed by atoms with Crippen molar-refractivity contribution >= 4 is 11.4 Å². The summed E-state index contributed by atoms with van der Waals surface area (Å²) in [6.07, 6.45) is 5.26. The minimum absolute atomic E-state index is 0.479. The Morgan fingerprint density at radius 2 is 0.792 bits per heavy atom. The Kier molecular flexibility index (Phi) is 6.67. The van der Waals surface area contributed by atoms with Crippen LogP contribution in [0, 0.1) is 35.5 Å². The second-order valence-electron chi connectivity index (χ2n) is 9.47. The first kappa shape index (κ1) is 19.7. The smallest absolute Gasteiger partial charge is 0.0554 e. The SMILES string of the molecule is CC(=NC1C(C)CC(C)CC1C)C(C)=NC1C(C)CC(C)CC1C. The molecule has 138 valence electrons. The minimum atomic E-state index is 0.479. The van der Waals surface area contributed by atoms with Gasteiger partial charge in [-0.1, -0.05) is 41.5 Å². The van der Waals surface area contributed by atoms with Gasteiger partial charge in [0.2, 0.25) is 0 Å². The van der Waals surface area contributed by atoms with Crippen molar-refractivity contribution in [3.05, 3.63) is 0 Å². The number of rotatable bonds is 3. The van der Waals surface area contributed by atoms with E-state index in [4.69, 9.17) is 9.98 Å². The molecule has 0 aromatic heterocycles. The molecular weight excluding hydrogens is 292 g/mol. The molecule has 0 heterocycles. The standard InChI is InChI=1S/C22H40N2/c1-13-9-15(3)21(16(4)10-13)23-19(7)20(8)24-22-17(5)11-14(2)12-18(22)6/h13-18,21-22H,9-12H2,1-8H3. The lowest BCUT2D eigenvalue weighted by Gasteiger charge is -2.36. The van der Waals surface area contributed by atoms with Crippen molar-refractivity contribution in [2.45, 2.75) is 93.2 Å². The van der Waals surface area contributed by atoms with Crippen molar-refractivity contribution in [1.29, 1.82) is 0 Å². The van der Waals surface area contributed by atoms with Crippen LogP contribution < -0.4 is 0 Å². The third-order valence-corrected chi connectivity index (χ3v) is 6.64. The summed E-state index contributed by atoms with van der Waals surface area (Å²) < 4.78 is 0. The van der Waals surface area contributed by atoms with E-state index in [1.165, 1.54) is 37.1 Å². The van der Waals surface area contributed by atoms with Crippen LogP contribution in [0.3, 0.4) is 0 Å². The highest BCUT2D eigenvalue weighted by Crippen LogP contribution is 2.36. The van der Waals surface area contributed by atoms with E-state index in [1.807, 2.05) is 0 Å². The summed E-state index contributed by atoms with van der Waals surface area (Å²) in [6, 6.07) is 0.958. The van der Waals surface area contributed by atoms with Crippen molar-refractivity contribution in [2.75, 3.05) is 0 Å². The number of nitrogens with zero attached hydrogens (tertiary/aromatic N) is 2. The molecule has 0 aliphatic heterocycles. The molecule has 2 saturated carbocycles. The van der Waals surface area contributed by atoms with Crippen LogP contribution in [-0.4, -0.2) is 23.5 Å². The fraction of sp³-hybridized carbons (Fsp3) is 0.909. The third kappa shape index (κ3) is 4.70. The predicted molar refractivity (Wildman–Crippen MR) is 107 cm³/mol. The Hall–Kier alpha value is -0.660. The maximum Gasteiger partial charge on any atom is 0.0554 e. The molecule has 4 atom stereocenters. The Labute approximate surface area is 150 Å². The van der Waals surface area contributed by atoms with Gasteiger partial charge in [0.1, 0.15) is 0 Å². The molecule has 2 rings (SSSR count). The van der Waals surface area contributed by atoms with Gasteiger partial charge < -0.3 is 0 Å². The summed E-state index contributed by atoms with van der Waals surface area (Å²) in [5.74, 6) is 4.48. The summed E-state index contributed by atoms with van der Waals surface area (Å²) >= 11 is 0. The van der Waals surface area contributed by atoms with E-state index in [1.54, 1.807) is 0 Å². The van der Waals surface area contributed by atoms with Gasteiger partial charge in [-0.05, 0) is 75.0 Å². The van der Waals surface area contributed by atoms with Gasteiger partial charge >= 0.3 is 0 Å². The average molecular weight is 333 g/mol. The van der Waals surface area contributed by atoms with Crippen molar-refractivity contribution in [3.8, 4) is 0 Å². The summed E-state index contributed by atoms with van der Waals surface area (Å²) in [6.45, 7) is 18.7. The molecule has 0 amide bonds. The first-order valence-electron chi connectivity index (χ1n) is 10.3. The van der Waals surface area contributed by atoms with Crippen LogP contribution in [0.15, 0.2) is 9.98 Å². The van der Waals surface area contributed by atoms with Crippen LogP contribution in [0.4, 0.5) is 0 Å². The Morgan fingerprint density at radius 3 is 1.04 bits per heavy atom. The van der Waals surface area contributed by atoms with Crippen molar-refractivity contribution in [2.24, 2.45) is 45.5 Å². The summed E-state index contributed by atoms with van der Waals surface area (Å²) in [5, 5.41) is 0. The fourth-order valence-electron chi connectivity index (χ4n) is 5.55. The number of hydrogen-bond acceptors (Lipinski definition) is 2. The van der Waals surface area contributed by atoms with Gasteiger partial charge in [0.25, 0.3) is 0 Å². The van der Waals surface area contributed by atoms with Crippen molar-refractivity contribution < 1.29 is 0 Å². The summed E-state index contributed by atoms with van der Waals surface area (Å²) in [7, 11) is 0. The summed E-state index contributed by atoms with van der Waals surface area (Å²) in [4.78, 5) is 10.3. The molecule has 0 aromatic carbocycles. The topological polar surface area (TPSA) is 24.7 Å². The second-order valence-corrected chi connectivity index (χ2v) is 9.47. The number of hydrogen-bond donors (Lipinski definition) is 0. The van der Waals surface area contributed by atoms with Gasteiger partial charge in [-0.3, -0.25) is 9.98 Å². The van der Waals surface area contributed by atoms with Gasteiger partial charge in [-0.15, -0.1) is 0 Å². The first-order chi connectivity index (χ1) is 11.2. The monoisotopic (exact) mass is 332 g/mol. The third-order valence-electron chi connectivity index (χ3n) is 6.64. The molecule has 0 spiro atoms. The number of aliphatic imine (C=N–C) groups is 2. The molecule has 0 bridgehead atoms. The second kappa shape index (κ2) is 8.15. The predicted octanol–water partition coefficient (Wildman–Crippen LogP) is 6.05. The molecule has 2 heteroatoms. The Bertz CT molecular complexity index is 410. The van der Waals surface area contributed by atoms with Gasteiger partial charge in [-0.2, -0.15) is 0 Å². The van der Waals surface area contributed by atoms with E-state index in [2.05, 4.69) is 55.4 Å². The maximum atomic E-state index is 5.15. The van der Waals surface area contributed by atoms with E-state index >= 15 is 0 Å². The zero-order valence-electron chi connectivity index (χ0n) is 17.3. The molecule has 0 N–H and O–H groups in total. The van der Waals surface area contributed by atoms with E-state index in [0.29, 0.717) is 35.8 Å². The molecule has 0 saturated heterocycles. The molecule has 2 nitrogen and oxygen atoms in total. The average Bonchev–Trinajstić information content (AvgIpc) is 2.46. The van der Waals surface area contributed by atoms with Gasteiger partial charge in [-0.25, -0.2) is 0 Å². The molecule has 0 radical (unpaired) electrons. The van der Waals surface area contributed by atoms with E-state index in [9.17, 15) is 0 Å². The minimum Gasteiger partial charge on any atom is -0.284 e. The van der Waals surface area contributed by atoms with Crippen LogP contribution in [0.1, 0.15) is 81.1 Å². The van der Waals surface area contributed by atoms with Crippen LogP contribution in [0.2, 0.25) is 0 Å². The highest BCUT2D eigenvalue weighted by molar-refractivity contribution is 6.40. The van der Waals surface area contributed by atoms with Crippen molar-refractivity contribution in [1.82, 2.24) is 0 Å². The molecule has 24 heavy (non-hydrogen) atoms. The summed E-state index contributed by atoms with van der Waals surface area (Å²) in [5.41, 5.74) is 2.34. The Morgan fingerprint density at radius 1 is 0.542 bits per heavy atom. The molecule has 0 aromatic rings. The lowest BCUT2D eigenvalue weighted by atomic mass is 9.74. The molecule has 2 aliphatic rings. The van der Waals surface area contributed by atoms with E-state index in [0.717, 1.165) is 11.8 Å². The lowest BCUT2D eigenvalue weighted by Crippen LogP contribution is -2.35. The lowest BCUT2D eigenvalue weighted by molar-refractivity contribution is 0.196. The van der Waals surface area contributed by atoms with E-state index in [-0.39, 0.29) is 0 Å². The quantitative estimate of drug-likeness (QED) is 0.562. The van der Waals surface area contributed by atoms with E-state index < -0.39 is 0 Å². The fourth-order valence-corrected chi connectivity index (χ4v) is 5.55. The molecule has 2 aliphatic carbocycles. The molecular formula is C22H40N2. The first-order valence-corrected chi connectivity index (χ1v) is 10.3. The zero-order valence-corrected chi connectivity index (χ0v) is 17.3. The van der Waals surface area contributed by atoms with Gasteiger partial charge in [0.05, 0.1) is 23.5 Å².